The van der Waals surface area contributed by atoms with Crippen molar-refractivity contribution in [3.05, 3.63) is 34.3 Å². The highest BCUT2D eigenvalue weighted by molar-refractivity contribution is 9.10. The standard InChI is InChI=1S/C15H16BrNO5/c1-21-13-4-3-11(16)8-10(13)2-5-14(18)17-6-7-22-9-12(17)15(19)20/h2-5,8,12H,6-7,9H2,1H3,(H,19,20). The number of carboxylic acids is 1. The summed E-state index contributed by atoms with van der Waals surface area (Å²) >= 11 is 3.36. The topological polar surface area (TPSA) is 76.1 Å². The molecule has 0 saturated carbocycles. The molecule has 0 aromatic heterocycles. The minimum absolute atomic E-state index is 0.00905. The molecule has 1 heterocycles. The number of aliphatic carboxylic acids is 1. The number of morpholine rings is 1. The van der Waals surface area contributed by atoms with Crippen LogP contribution in [0.15, 0.2) is 28.7 Å². The second-order valence-electron chi connectivity index (χ2n) is 4.68. The van der Waals surface area contributed by atoms with E-state index in [-0.39, 0.29) is 19.1 Å². The van der Waals surface area contributed by atoms with Gasteiger partial charge in [0.2, 0.25) is 5.91 Å². The molecule has 1 saturated heterocycles. The van der Waals surface area contributed by atoms with Crippen molar-refractivity contribution >= 4 is 33.9 Å². The zero-order valence-corrected chi connectivity index (χ0v) is 13.6. The Morgan fingerprint density at radius 1 is 1.50 bits per heavy atom. The molecular formula is C15H16BrNO5. The lowest BCUT2D eigenvalue weighted by Crippen LogP contribution is -2.52. The fourth-order valence-corrected chi connectivity index (χ4v) is 2.54. The second kappa shape index (κ2) is 7.42. The van der Waals surface area contributed by atoms with Gasteiger partial charge in [-0.2, -0.15) is 0 Å². The summed E-state index contributed by atoms with van der Waals surface area (Å²) in [6, 6.07) is 4.48. The number of hydrogen-bond donors (Lipinski definition) is 1. The Kier molecular flexibility index (Phi) is 5.57. The molecule has 6 nitrogen and oxygen atoms in total. The van der Waals surface area contributed by atoms with Crippen LogP contribution in [0.2, 0.25) is 0 Å². The summed E-state index contributed by atoms with van der Waals surface area (Å²) in [5, 5.41) is 9.14. The van der Waals surface area contributed by atoms with Crippen molar-refractivity contribution in [3.63, 3.8) is 0 Å². The number of rotatable bonds is 4. The smallest absolute Gasteiger partial charge is 0.328 e. The number of halogens is 1. The summed E-state index contributed by atoms with van der Waals surface area (Å²) in [7, 11) is 1.55. The van der Waals surface area contributed by atoms with E-state index in [1.54, 1.807) is 19.3 Å². The first kappa shape index (κ1) is 16.5. The van der Waals surface area contributed by atoms with Gasteiger partial charge in [-0.25, -0.2) is 4.79 Å². The van der Waals surface area contributed by atoms with Crippen molar-refractivity contribution in [1.29, 1.82) is 0 Å². The van der Waals surface area contributed by atoms with Gasteiger partial charge in [0.05, 0.1) is 20.3 Å². The average molecular weight is 370 g/mol. The number of benzene rings is 1. The lowest BCUT2D eigenvalue weighted by atomic mass is 10.1. The Morgan fingerprint density at radius 3 is 2.95 bits per heavy atom. The van der Waals surface area contributed by atoms with Crippen LogP contribution >= 0.6 is 15.9 Å². The SMILES string of the molecule is COc1ccc(Br)cc1C=CC(=O)N1CCOCC1C(=O)O. The van der Waals surface area contributed by atoms with Crippen molar-refractivity contribution in [3.8, 4) is 5.75 Å². The molecule has 1 N–H and O–H groups in total. The molecule has 1 aliphatic rings. The highest BCUT2D eigenvalue weighted by Crippen LogP contribution is 2.24. The number of nitrogens with zero attached hydrogens (tertiary/aromatic N) is 1. The van der Waals surface area contributed by atoms with Crippen LogP contribution in [0.1, 0.15) is 5.56 Å². The third-order valence-electron chi connectivity index (χ3n) is 3.29. The van der Waals surface area contributed by atoms with Gasteiger partial charge in [-0.15, -0.1) is 0 Å². The Balaban J connectivity index is 2.17. The van der Waals surface area contributed by atoms with Crippen molar-refractivity contribution in [2.75, 3.05) is 26.9 Å². The number of hydrogen-bond acceptors (Lipinski definition) is 4. The molecule has 0 bridgehead atoms. The fraction of sp³-hybridized carbons (Fsp3) is 0.333. The first-order chi connectivity index (χ1) is 10.5. The molecule has 0 aliphatic carbocycles. The van der Waals surface area contributed by atoms with Gasteiger partial charge in [-0.05, 0) is 24.3 Å². The summed E-state index contributed by atoms with van der Waals surface area (Å²) in [6.07, 6.45) is 2.96. The van der Waals surface area contributed by atoms with E-state index in [0.717, 1.165) is 10.0 Å². The minimum atomic E-state index is -1.07. The van der Waals surface area contributed by atoms with E-state index in [4.69, 9.17) is 14.6 Å². The van der Waals surface area contributed by atoms with E-state index in [0.29, 0.717) is 12.4 Å². The molecule has 1 fully saturated rings. The summed E-state index contributed by atoms with van der Waals surface area (Å²) in [5.41, 5.74) is 0.727. The summed E-state index contributed by atoms with van der Waals surface area (Å²) in [5.74, 6) is -0.803. The number of carbonyl (C=O) groups is 2. The maximum Gasteiger partial charge on any atom is 0.328 e. The van der Waals surface area contributed by atoms with Gasteiger partial charge in [0, 0.05) is 22.7 Å². The third kappa shape index (κ3) is 3.86. The van der Waals surface area contributed by atoms with Crippen LogP contribution in [0.4, 0.5) is 0 Å². The number of amides is 1. The van der Waals surface area contributed by atoms with E-state index in [2.05, 4.69) is 15.9 Å². The van der Waals surface area contributed by atoms with Crippen molar-refractivity contribution in [2.45, 2.75) is 6.04 Å². The largest absolute Gasteiger partial charge is 0.496 e. The Morgan fingerprint density at radius 2 is 2.27 bits per heavy atom. The van der Waals surface area contributed by atoms with Crippen LogP contribution in [-0.4, -0.2) is 54.8 Å². The minimum Gasteiger partial charge on any atom is -0.496 e. The fourth-order valence-electron chi connectivity index (χ4n) is 2.16. The van der Waals surface area contributed by atoms with E-state index in [9.17, 15) is 9.59 Å². The Labute approximate surface area is 136 Å². The normalized spacial score (nSPS) is 18.5. The van der Waals surface area contributed by atoms with E-state index >= 15 is 0 Å². The monoisotopic (exact) mass is 369 g/mol. The Bertz CT molecular complexity index is 602. The maximum absolute atomic E-state index is 12.2. The van der Waals surface area contributed by atoms with Gasteiger partial charge in [0.25, 0.3) is 0 Å². The molecule has 2 rings (SSSR count). The molecule has 0 spiro atoms. The van der Waals surface area contributed by atoms with Crippen LogP contribution in [0.25, 0.3) is 6.08 Å². The van der Waals surface area contributed by atoms with Gasteiger partial charge < -0.3 is 19.5 Å². The molecule has 0 radical (unpaired) electrons. The number of methoxy groups -OCH3 is 1. The summed E-state index contributed by atoms with van der Waals surface area (Å²) < 4.78 is 11.2. The quantitative estimate of drug-likeness (QED) is 0.818. The van der Waals surface area contributed by atoms with Crippen LogP contribution in [-0.2, 0) is 14.3 Å². The predicted molar refractivity (Wildman–Crippen MR) is 83.7 cm³/mol. The predicted octanol–water partition coefficient (Wildman–Crippen LogP) is 1.78. The molecule has 1 atom stereocenters. The van der Waals surface area contributed by atoms with E-state index in [1.165, 1.54) is 11.0 Å². The summed E-state index contributed by atoms with van der Waals surface area (Å²) in [6.45, 7) is 0.606. The molecule has 22 heavy (non-hydrogen) atoms. The Hall–Kier alpha value is -1.86. The second-order valence-corrected chi connectivity index (χ2v) is 5.60. The molecule has 1 aromatic carbocycles. The lowest BCUT2D eigenvalue weighted by Gasteiger charge is -2.32. The molecule has 1 aliphatic heterocycles. The number of ether oxygens (including phenoxy) is 2. The maximum atomic E-state index is 12.2. The van der Waals surface area contributed by atoms with E-state index < -0.39 is 12.0 Å². The molecule has 7 heteroatoms. The first-order valence-electron chi connectivity index (χ1n) is 6.65. The molecule has 1 unspecified atom stereocenters. The highest BCUT2D eigenvalue weighted by atomic mass is 79.9. The first-order valence-corrected chi connectivity index (χ1v) is 7.45. The van der Waals surface area contributed by atoms with Crippen LogP contribution < -0.4 is 4.74 Å². The van der Waals surface area contributed by atoms with Gasteiger partial charge in [0.15, 0.2) is 6.04 Å². The molecule has 1 amide bonds. The van der Waals surface area contributed by atoms with Crippen LogP contribution in [0.5, 0.6) is 5.75 Å². The molecular weight excluding hydrogens is 354 g/mol. The number of carboxylic acid groups (broad SMARTS) is 1. The molecule has 118 valence electrons. The summed E-state index contributed by atoms with van der Waals surface area (Å²) in [4.78, 5) is 24.7. The molecule has 1 aromatic rings. The zero-order chi connectivity index (χ0) is 16.1. The van der Waals surface area contributed by atoms with Crippen LogP contribution in [0, 0.1) is 0 Å². The van der Waals surface area contributed by atoms with Gasteiger partial charge in [-0.1, -0.05) is 15.9 Å². The zero-order valence-electron chi connectivity index (χ0n) is 12.0. The van der Waals surface area contributed by atoms with Crippen molar-refractivity contribution < 1.29 is 24.2 Å². The van der Waals surface area contributed by atoms with Gasteiger partial charge in [-0.3, -0.25) is 4.79 Å². The number of carbonyl (C=O) groups excluding carboxylic acids is 1. The van der Waals surface area contributed by atoms with Gasteiger partial charge >= 0.3 is 5.97 Å². The third-order valence-corrected chi connectivity index (χ3v) is 3.79. The average Bonchev–Trinajstić information content (AvgIpc) is 2.52. The highest BCUT2D eigenvalue weighted by Gasteiger charge is 2.31. The van der Waals surface area contributed by atoms with Crippen molar-refractivity contribution in [1.82, 2.24) is 4.90 Å². The lowest BCUT2D eigenvalue weighted by molar-refractivity contribution is -0.156. The van der Waals surface area contributed by atoms with E-state index in [1.807, 2.05) is 12.1 Å². The van der Waals surface area contributed by atoms with Crippen LogP contribution in [0.3, 0.4) is 0 Å². The van der Waals surface area contributed by atoms with Crippen molar-refractivity contribution in [2.24, 2.45) is 0 Å². The van der Waals surface area contributed by atoms with Gasteiger partial charge in [0.1, 0.15) is 5.75 Å².